The highest BCUT2D eigenvalue weighted by Gasteiger charge is 2.15. The van der Waals surface area contributed by atoms with Gasteiger partial charge in [-0.05, 0) is 39.3 Å². The summed E-state index contributed by atoms with van der Waals surface area (Å²) < 4.78 is 0. The van der Waals surface area contributed by atoms with Gasteiger partial charge in [0, 0.05) is 21.7 Å². The van der Waals surface area contributed by atoms with Crippen LogP contribution in [0.5, 0.6) is 0 Å². The summed E-state index contributed by atoms with van der Waals surface area (Å²) in [6.07, 6.45) is 0.772. The van der Waals surface area contributed by atoms with Crippen LogP contribution in [-0.4, -0.2) is 9.97 Å². The van der Waals surface area contributed by atoms with E-state index in [1.165, 1.54) is 15.3 Å². The van der Waals surface area contributed by atoms with E-state index >= 15 is 0 Å². The van der Waals surface area contributed by atoms with E-state index in [1.54, 1.807) is 0 Å². The molecule has 0 fully saturated rings. The zero-order valence-electron chi connectivity index (χ0n) is 13.2. The van der Waals surface area contributed by atoms with Crippen LogP contribution in [0.2, 0.25) is 0 Å². The summed E-state index contributed by atoms with van der Waals surface area (Å²) in [5, 5.41) is 3.49. The molecule has 0 aromatic carbocycles. The highest BCUT2D eigenvalue weighted by molar-refractivity contribution is 7.12. The van der Waals surface area contributed by atoms with Crippen LogP contribution in [0, 0.1) is 20.8 Å². The summed E-state index contributed by atoms with van der Waals surface area (Å²) in [7, 11) is 0. The number of rotatable bonds is 5. The molecule has 0 bridgehead atoms. The fraction of sp³-hybridized carbons (Fsp3) is 0.467. The average molecular weight is 305 g/mol. The molecule has 2 aromatic rings. The van der Waals surface area contributed by atoms with Crippen LogP contribution < -0.4 is 16.6 Å². The fourth-order valence-electron chi connectivity index (χ4n) is 2.37. The highest BCUT2D eigenvalue weighted by Crippen LogP contribution is 2.30. The van der Waals surface area contributed by atoms with Gasteiger partial charge in [0.05, 0.1) is 6.04 Å². The molecule has 0 aliphatic carbocycles. The molecular formula is C15H23N5S. The van der Waals surface area contributed by atoms with Crippen molar-refractivity contribution in [2.45, 2.75) is 47.1 Å². The number of nitrogens with one attached hydrogen (secondary N) is 2. The second-order valence-electron chi connectivity index (χ2n) is 5.19. The summed E-state index contributed by atoms with van der Waals surface area (Å²) in [6, 6.07) is 2.43. The minimum atomic E-state index is 0.193. The molecule has 5 nitrogen and oxygen atoms in total. The van der Waals surface area contributed by atoms with Gasteiger partial charge in [-0.15, -0.1) is 11.3 Å². The minimum absolute atomic E-state index is 0.193. The molecule has 2 rings (SSSR count). The second-order valence-corrected chi connectivity index (χ2v) is 6.65. The van der Waals surface area contributed by atoms with Gasteiger partial charge in [0.15, 0.2) is 0 Å². The molecule has 0 aliphatic rings. The van der Waals surface area contributed by atoms with Crippen LogP contribution >= 0.6 is 11.3 Å². The van der Waals surface area contributed by atoms with Crippen LogP contribution in [0.4, 0.5) is 11.6 Å². The number of nitrogens with two attached hydrogens (primary N) is 1. The first kappa shape index (κ1) is 15.7. The third kappa shape index (κ3) is 3.33. The molecule has 4 N–H and O–H groups in total. The Morgan fingerprint density at radius 3 is 2.43 bits per heavy atom. The number of nitrogens with zero attached hydrogens (tertiary/aromatic N) is 2. The summed E-state index contributed by atoms with van der Waals surface area (Å²) in [5.41, 5.74) is 4.90. The zero-order valence-corrected chi connectivity index (χ0v) is 14.1. The predicted octanol–water partition coefficient (Wildman–Crippen LogP) is 3.48. The zero-order chi connectivity index (χ0) is 15.6. The van der Waals surface area contributed by atoms with Crippen molar-refractivity contribution < 1.29 is 0 Å². The molecule has 0 saturated heterocycles. The predicted molar refractivity (Wildman–Crippen MR) is 89.8 cm³/mol. The Hall–Kier alpha value is -1.66. The third-order valence-corrected chi connectivity index (χ3v) is 4.53. The van der Waals surface area contributed by atoms with Gasteiger partial charge in [-0.2, -0.15) is 0 Å². The minimum Gasteiger partial charge on any atom is -0.363 e. The van der Waals surface area contributed by atoms with Crippen molar-refractivity contribution in [1.82, 2.24) is 9.97 Å². The van der Waals surface area contributed by atoms with Crippen molar-refractivity contribution in [3.05, 3.63) is 32.8 Å². The maximum Gasteiger partial charge on any atom is 0.148 e. The molecular weight excluding hydrogens is 282 g/mol. The van der Waals surface area contributed by atoms with Gasteiger partial charge in [-0.25, -0.2) is 15.8 Å². The molecule has 1 unspecified atom stereocenters. The number of thiophene rings is 1. The Balaban J connectivity index is 2.32. The van der Waals surface area contributed by atoms with Crippen molar-refractivity contribution in [3.8, 4) is 0 Å². The Labute approximate surface area is 130 Å². The number of nitrogen functional groups attached to an aromatic ring is 1. The molecule has 0 aliphatic heterocycles. The van der Waals surface area contributed by atoms with Gasteiger partial charge < -0.3 is 10.7 Å². The van der Waals surface area contributed by atoms with E-state index in [-0.39, 0.29) is 6.04 Å². The summed E-state index contributed by atoms with van der Waals surface area (Å²) in [4.78, 5) is 11.6. The first-order valence-corrected chi connectivity index (χ1v) is 7.95. The number of hydrazine groups is 1. The van der Waals surface area contributed by atoms with Gasteiger partial charge in [0.1, 0.15) is 17.5 Å². The second kappa shape index (κ2) is 6.41. The number of aromatic nitrogens is 2. The van der Waals surface area contributed by atoms with Crippen molar-refractivity contribution >= 4 is 23.0 Å². The van der Waals surface area contributed by atoms with Crippen LogP contribution in [0.3, 0.4) is 0 Å². The third-order valence-electron chi connectivity index (χ3n) is 3.54. The maximum atomic E-state index is 5.55. The number of hydrogen-bond acceptors (Lipinski definition) is 6. The molecule has 21 heavy (non-hydrogen) atoms. The lowest BCUT2D eigenvalue weighted by Crippen LogP contribution is -2.16. The Bertz CT molecular complexity index is 635. The lowest BCUT2D eigenvalue weighted by molar-refractivity contribution is 0.849. The number of hydrogen-bond donors (Lipinski definition) is 3. The Morgan fingerprint density at radius 1 is 1.24 bits per heavy atom. The summed E-state index contributed by atoms with van der Waals surface area (Å²) in [6.45, 7) is 10.4. The van der Waals surface area contributed by atoms with E-state index in [2.05, 4.69) is 47.5 Å². The topological polar surface area (TPSA) is 75.9 Å². The van der Waals surface area contributed by atoms with E-state index in [0.29, 0.717) is 5.82 Å². The molecule has 1 atom stereocenters. The molecule has 0 amide bonds. The van der Waals surface area contributed by atoms with Crippen LogP contribution in [-0.2, 0) is 6.42 Å². The lowest BCUT2D eigenvalue weighted by Gasteiger charge is -2.18. The van der Waals surface area contributed by atoms with E-state index in [4.69, 9.17) is 5.84 Å². The fourth-order valence-corrected chi connectivity index (χ4v) is 3.39. The van der Waals surface area contributed by atoms with Gasteiger partial charge in [-0.1, -0.05) is 6.92 Å². The normalized spacial score (nSPS) is 12.3. The maximum absolute atomic E-state index is 5.55. The molecule has 0 saturated carbocycles. The first-order chi connectivity index (χ1) is 9.96. The van der Waals surface area contributed by atoms with Gasteiger partial charge in [-0.3, -0.25) is 0 Å². The van der Waals surface area contributed by atoms with Crippen LogP contribution in [0.15, 0.2) is 6.07 Å². The Morgan fingerprint density at radius 2 is 1.90 bits per heavy atom. The van der Waals surface area contributed by atoms with Crippen molar-refractivity contribution in [3.63, 3.8) is 0 Å². The van der Waals surface area contributed by atoms with Crippen molar-refractivity contribution in [2.75, 3.05) is 10.7 Å². The smallest absolute Gasteiger partial charge is 0.148 e. The Kier molecular flexibility index (Phi) is 4.80. The van der Waals surface area contributed by atoms with Crippen LogP contribution in [0.1, 0.15) is 46.6 Å². The van der Waals surface area contributed by atoms with Crippen molar-refractivity contribution in [1.29, 1.82) is 0 Å². The van der Waals surface area contributed by atoms with Gasteiger partial charge in [0.2, 0.25) is 0 Å². The molecule has 0 spiro atoms. The largest absolute Gasteiger partial charge is 0.363 e. The van der Waals surface area contributed by atoms with Gasteiger partial charge >= 0.3 is 0 Å². The lowest BCUT2D eigenvalue weighted by atomic mass is 10.1. The highest BCUT2D eigenvalue weighted by atomic mass is 32.1. The number of aryl methyl sites for hydroxylation is 3. The molecule has 2 heterocycles. The van der Waals surface area contributed by atoms with E-state index in [9.17, 15) is 0 Å². The summed E-state index contributed by atoms with van der Waals surface area (Å²) >= 11 is 1.82. The molecule has 114 valence electrons. The molecule has 6 heteroatoms. The first-order valence-electron chi connectivity index (χ1n) is 7.13. The molecule has 0 radical (unpaired) electrons. The van der Waals surface area contributed by atoms with Crippen LogP contribution in [0.25, 0.3) is 0 Å². The number of anilines is 2. The SMILES string of the molecule is CCc1nc(NN)c(C)c(NC(C)c2cc(C)sc2C)n1. The molecule has 2 aromatic heterocycles. The van der Waals surface area contributed by atoms with E-state index in [1.807, 2.05) is 25.2 Å². The standard InChI is InChI=1S/C15H23N5S/c1-6-13-18-14(9(3)15(19-13)20-16)17-10(4)12-7-8(2)21-11(12)5/h7,10H,6,16H2,1-5H3,(H2,17,18,19,20). The van der Waals surface area contributed by atoms with Crippen molar-refractivity contribution in [2.24, 2.45) is 5.84 Å². The van der Waals surface area contributed by atoms with E-state index in [0.717, 1.165) is 23.6 Å². The summed E-state index contributed by atoms with van der Waals surface area (Å²) in [5.74, 6) is 7.84. The average Bonchev–Trinajstić information content (AvgIpc) is 2.80. The van der Waals surface area contributed by atoms with Gasteiger partial charge in [0.25, 0.3) is 0 Å². The van der Waals surface area contributed by atoms with E-state index < -0.39 is 0 Å². The monoisotopic (exact) mass is 305 g/mol. The quantitative estimate of drug-likeness (QED) is 0.582.